The van der Waals surface area contributed by atoms with Crippen LogP contribution in [0.2, 0.25) is 0 Å². The van der Waals surface area contributed by atoms with Crippen molar-refractivity contribution in [3.8, 4) is 67.0 Å². The average molecular weight is 879 g/mol. The fraction of sp³-hybridized carbons (Fsp3) is 0.0448. The van der Waals surface area contributed by atoms with E-state index < -0.39 is 0 Å². The number of nitrogens with zero attached hydrogens (tertiary/aromatic N) is 2. The van der Waals surface area contributed by atoms with Crippen molar-refractivity contribution in [1.82, 2.24) is 9.13 Å². The highest BCUT2D eigenvalue weighted by atomic mass is 15.0. The van der Waals surface area contributed by atoms with Gasteiger partial charge in [-0.15, -0.1) is 0 Å². The van der Waals surface area contributed by atoms with E-state index >= 15 is 0 Å². The molecule has 0 saturated heterocycles. The highest BCUT2D eigenvalue weighted by Crippen LogP contribution is 2.51. The summed E-state index contributed by atoms with van der Waals surface area (Å²) in [5, 5.41) is 7.50. The minimum Gasteiger partial charge on any atom is -0.309 e. The zero-order chi connectivity index (χ0) is 45.8. The third-order valence-electron chi connectivity index (χ3n) is 15.1. The summed E-state index contributed by atoms with van der Waals surface area (Å²) in [5.41, 5.74) is 22.1. The van der Waals surface area contributed by atoms with Gasteiger partial charge in [0.1, 0.15) is 0 Å². The highest BCUT2D eigenvalue weighted by Gasteiger charge is 2.36. The molecule has 13 aromatic rings. The molecule has 0 saturated carbocycles. The second-order valence-electron chi connectivity index (χ2n) is 19.3. The molecule has 324 valence electrons. The van der Waals surface area contributed by atoms with Gasteiger partial charge in [-0.1, -0.05) is 172 Å². The summed E-state index contributed by atoms with van der Waals surface area (Å²) in [4.78, 5) is 0. The average Bonchev–Trinajstić information content (AvgIpc) is 3.99. The van der Waals surface area contributed by atoms with E-state index in [9.17, 15) is 0 Å². The van der Waals surface area contributed by atoms with Crippen LogP contribution in [0.15, 0.2) is 243 Å². The van der Waals surface area contributed by atoms with Gasteiger partial charge in [-0.05, 0) is 162 Å². The van der Waals surface area contributed by atoms with Crippen molar-refractivity contribution in [3.63, 3.8) is 0 Å². The Labute approximate surface area is 401 Å². The first-order valence-electron chi connectivity index (χ1n) is 24.1. The van der Waals surface area contributed by atoms with Crippen LogP contribution in [-0.2, 0) is 5.41 Å². The Balaban J connectivity index is 0.896. The zero-order valence-electron chi connectivity index (χ0n) is 38.5. The third-order valence-corrected chi connectivity index (χ3v) is 15.1. The van der Waals surface area contributed by atoms with Crippen molar-refractivity contribution < 1.29 is 0 Å². The third kappa shape index (κ3) is 6.19. The Hall–Kier alpha value is -8.72. The number of benzene rings is 11. The summed E-state index contributed by atoms with van der Waals surface area (Å²) in [6, 6.07) is 89.9. The Morgan fingerprint density at radius 3 is 1.03 bits per heavy atom. The van der Waals surface area contributed by atoms with Gasteiger partial charge in [-0.3, -0.25) is 0 Å². The van der Waals surface area contributed by atoms with Crippen LogP contribution in [0.5, 0.6) is 0 Å². The van der Waals surface area contributed by atoms with E-state index in [0.717, 1.165) is 5.69 Å². The molecule has 14 rings (SSSR count). The molecule has 0 unspecified atom stereocenters. The van der Waals surface area contributed by atoms with Crippen LogP contribution in [0.1, 0.15) is 25.0 Å². The van der Waals surface area contributed by atoms with E-state index in [4.69, 9.17) is 0 Å². The first kappa shape index (κ1) is 39.4. The lowest BCUT2D eigenvalue weighted by Gasteiger charge is -2.23. The molecular weight excluding hydrogens is 833 g/mol. The van der Waals surface area contributed by atoms with Crippen molar-refractivity contribution in [2.24, 2.45) is 0 Å². The minimum absolute atomic E-state index is 0.223. The lowest BCUT2D eigenvalue weighted by atomic mass is 9.81. The topological polar surface area (TPSA) is 9.86 Å². The largest absolute Gasteiger partial charge is 0.309 e. The number of rotatable bonds is 6. The molecular formula is C67H46N2. The van der Waals surface area contributed by atoms with Gasteiger partial charge in [0.2, 0.25) is 0 Å². The lowest BCUT2D eigenvalue weighted by molar-refractivity contribution is 0.660. The van der Waals surface area contributed by atoms with Gasteiger partial charge in [0.15, 0.2) is 0 Å². The first-order chi connectivity index (χ1) is 33.9. The molecule has 0 amide bonds. The summed E-state index contributed by atoms with van der Waals surface area (Å²) in [5.74, 6) is 0. The SMILES string of the molecule is CC1(C)c2cc(-n3c4ccc(-c5ccccc5)cc4c4cc(-c5ccccc5)ccc43)ccc2-c2cc3ccc(-n4c5ccc(-c6ccccc6)cc5c5cc(-c6ccccc6)ccc54)cc3cc21. The van der Waals surface area contributed by atoms with Gasteiger partial charge in [-0.2, -0.15) is 0 Å². The number of hydrogen-bond donors (Lipinski definition) is 0. The van der Waals surface area contributed by atoms with Crippen LogP contribution >= 0.6 is 0 Å². The van der Waals surface area contributed by atoms with Crippen molar-refractivity contribution in [2.75, 3.05) is 0 Å². The van der Waals surface area contributed by atoms with E-state index in [-0.39, 0.29) is 5.41 Å². The standard InChI is InChI=1S/C67H46N2/c1-67(2)61-41-52-35-53(68-63-31-24-47(43-15-7-3-8-16-43)37-57(63)58-38-48(25-32-64(58)68)44-17-9-4-10-18-44)28-23-51(52)36-56(61)55-30-29-54(42-62(55)67)69-65-33-26-49(45-19-11-5-12-20-45)39-59(65)60-40-50(27-34-66(60)69)46-21-13-6-14-22-46/h3-42H,1-2H3. The quantitative estimate of drug-likeness (QED) is 0.157. The van der Waals surface area contributed by atoms with Gasteiger partial charge in [0.25, 0.3) is 0 Å². The van der Waals surface area contributed by atoms with Gasteiger partial charge >= 0.3 is 0 Å². The summed E-state index contributed by atoms with van der Waals surface area (Å²) in [6.45, 7) is 4.81. The fourth-order valence-electron chi connectivity index (χ4n) is 11.6. The maximum absolute atomic E-state index is 2.48. The van der Waals surface area contributed by atoms with Crippen molar-refractivity contribution in [3.05, 3.63) is 254 Å². The fourth-order valence-corrected chi connectivity index (χ4v) is 11.6. The van der Waals surface area contributed by atoms with Crippen LogP contribution in [0, 0.1) is 0 Å². The Morgan fingerprint density at radius 2 is 0.623 bits per heavy atom. The molecule has 0 N–H and O–H groups in total. The lowest BCUT2D eigenvalue weighted by Crippen LogP contribution is -2.15. The molecule has 0 aliphatic heterocycles. The maximum Gasteiger partial charge on any atom is 0.0541 e. The van der Waals surface area contributed by atoms with Gasteiger partial charge in [0, 0.05) is 38.3 Å². The van der Waals surface area contributed by atoms with E-state index in [1.54, 1.807) is 0 Å². The molecule has 2 heteroatoms. The van der Waals surface area contributed by atoms with Crippen LogP contribution in [-0.4, -0.2) is 9.13 Å². The predicted molar refractivity (Wildman–Crippen MR) is 292 cm³/mol. The number of fused-ring (bicyclic) bond motifs is 10. The van der Waals surface area contributed by atoms with Gasteiger partial charge < -0.3 is 9.13 Å². The second kappa shape index (κ2) is 15.2. The van der Waals surface area contributed by atoms with Crippen LogP contribution < -0.4 is 0 Å². The van der Waals surface area contributed by atoms with E-state index in [2.05, 4.69) is 266 Å². The molecule has 2 nitrogen and oxygen atoms in total. The van der Waals surface area contributed by atoms with Gasteiger partial charge in [-0.25, -0.2) is 0 Å². The van der Waals surface area contributed by atoms with E-state index in [0.29, 0.717) is 0 Å². The number of aromatic nitrogens is 2. The summed E-state index contributed by atoms with van der Waals surface area (Å²) < 4.78 is 4.94. The monoisotopic (exact) mass is 878 g/mol. The molecule has 2 aromatic heterocycles. The molecule has 69 heavy (non-hydrogen) atoms. The molecule has 0 radical (unpaired) electrons. The normalized spacial score (nSPS) is 12.9. The molecule has 1 aliphatic carbocycles. The highest BCUT2D eigenvalue weighted by molar-refractivity contribution is 6.13. The molecule has 2 heterocycles. The molecule has 1 aliphatic rings. The van der Waals surface area contributed by atoms with E-state index in [1.807, 2.05) is 0 Å². The Morgan fingerprint density at radius 1 is 0.261 bits per heavy atom. The molecule has 0 spiro atoms. The van der Waals surface area contributed by atoms with Crippen molar-refractivity contribution >= 4 is 54.4 Å². The first-order valence-corrected chi connectivity index (χ1v) is 24.1. The molecule has 0 atom stereocenters. The summed E-state index contributed by atoms with van der Waals surface area (Å²) >= 11 is 0. The Kier molecular flexibility index (Phi) is 8.66. The molecule has 0 fully saturated rings. The van der Waals surface area contributed by atoms with E-state index in [1.165, 1.54) is 127 Å². The Bertz CT molecular complexity index is 3980. The molecule has 0 bridgehead atoms. The van der Waals surface area contributed by atoms with Gasteiger partial charge in [0.05, 0.1) is 22.1 Å². The van der Waals surface area contributed by atoms with Crippen LogP contribution in [0.25, 0.3) is 121 Å². The second-order valence-corrected chi connectivity index (χ2v) is 19.3. The summed E-state index contributed by atoms with van der Waals surface area (Å²) in [7, 11) is 0. The minimum atomic E-state index is -0.223. The zero-order valence-corrected chi connectivity index (χ0v) is 38.5. The maximum atomic E-state index is 2.48. The van der Waals surface area contributed by atoms with Crippen LogP contribution in [0.3, 0.4) is 0 Å². The molecule has 11 aromatic carbocycles. The summed E-state index contributed by atoms with van der Waals surface area (Å²) in [6.07, 6.45) is 0. The van der Waals surface area contributed by atoms with Crippen LogP contribution in [0.4, 0.5) is 0 Å². The smallest absolute Gasteiger partial charge is 0.0541 e. The van der Waals surface area contributed by atoms with Crippen molar-refractivity contribution in [1.29, 1.82) is 0 Å². The van der Waals surface area contributed by atoms with Crippen molar-refractivity contribution in [2.45, 2.75) is 19.3 Å². The number of hydrogen-bond acceptors (Lipinski definition) is 0. The predicted octanol–water partition coefficient (Wildman–Crippen LogP) is 18.0.